The minimum Gasteiger partial charge on any atom is -0.339 e. The lowest BCUT2D eigenvalue weighted by Crippen LogP contribution is -2.51. The largest absolute Gasteiger partial charge is 0.339 e. The first-order chi connectivity index (χ1) is 14.3. The quantitative estimate of drug-likeness (QED) is 0.627. The number of carbonyl (C=O) groups is 1. The standard InChI is InChI=1S/C23H38N2O3S2/c1-17(2)16-30(27,28)24-12-9-19(10-13-24)22-14-20(15-29-22)23(26)25-11-5-7-18-6-3-4-8-21(18)25/h14,17-21H,3-13,15-16H2,1-2H3. The summed E-state index contributed by atoms with van der Waals surface area (Å²) >= 11 is 1.84. The third-order valence-corrected chi connectivity index (χ3v) is 11.0. The Labute approximate surface area is 187 Å². The highest BCUT2D eigenvalue weighted by Crippen LogP contribution is 2.42. The highest BCUT2D eigenvalue weighted by molar-refractivity contribution is 8.03. The van der Waals surface area contributed by atoms with E-state index in [1.54, 1.807) is 4.31 Å². The number of piperidine rings is 2. The molecule has 4 aliphatic rings. The molecule has 30 heavy (non-hydrogen) atoms. The van der Waals surface area contributed by atoms with Crippen LogP contribution in [0.1, 0.15) is 65.2 Å². The van der Waals surface area contributed by atoms with Crippen LogP contribution in [0.2, 0.25) is 0 Å². The minimum absolute atomic E-state index is 0.0216. The molecular weight excluding hydrogens is 416 g/mol. The molecule has 1 aliphatic carbocycles. The molecule has 0 bridgehead atoms. The van der Waals surface area contributed by atoms with Crippen LogP contribution in [0.15, 0.2) is 11.0 Å². The number of hydrogen-bond acceptors (Lipinski definition) is 4. The molecule has 4 rings (SSSR count). The van der Waals surface area contributed by atoms with E-state index in [2.05, 4.69) is 11.0 Å². The molecule has 5 nitrogen and oxygen atoms in total. The SMILES string of the molecule is CC(C)CS(=O)(=O)N1CCC(C2=CC(C(=O)N3CCCC4CCCCC43)CS2)CC1. The van der Waals surface area contributed by atoms with Crippen molar-refractivity contribution in [1.82, 2.24) is 9.21 Å². The first-order valence-electron chi connectivity index (χ1n) is 12.0. The average Bonchev–Trinajstić information content (AvgIpc) is 3.22. The molecule has 0 aromatic heterocycles. The summed E-state index contributed by atoms with van der Waals surface area (Å²) in [6.07, 6.45) is 11.5. The van der Waals surface area contributed by atoms with Gasteiger partial charge < -0.3 is 4.90 Å². The van der Waals surface area contributed by atoms with Crippen LogP contribution in [-0.4, -0.2) is 60.7 Å². The van der Waals surface area contributed by atoms with Crippen molar-refractivity contribution in [3.63, 3.8) is 0 Å². The van der Waals surface area contributed by atoms with Gasteiger partial charge in [0.25, 0.3) is 0 Å². The molecule has 3 unspecified atom stereocenters. The summed E-state index contributed by atoms with van der Waals surface area (Å²) in [6, 6.07) is 0.483. The molecule has 3 fully saturated rings. The molecule has 170 valence electrons. The van der Waals surface area contributed by atoms with Crippen LogP contribution >= 0.6 is 11.8 Å². The maximum absolute atomic E-state index is 13.4. The lowest BCUT2D eigenvalue weighted by Gasteiger charge is -2.44. The first kappa shape index (κ1) is 22.7. The molecule has 1 amide bonds. The lowest BCUT2D eigenvalue weighted by atomic mass is 9.78. The normalized spacial score (nSPS) is 31.6. The predicted molar refractivity (Wildman–Crippen MR) is 124 cm³/mol. The van der Waals surface area contributed by atoms with E-state index in [0.29, 0.717) is 31.0 Å². The number of thioether (sulfide) groups is 1. The maximum Gasteiger partial charge on any atom is 0.230 e. The molecule has 2 saturated heterocycles. The molecule has 7 heteroatoms. The van der Waals surface area contributed by atoms with Crippen molar-refractivity contribution in [2.75, 3.05) is 31.1 Å². The highest BCUT2D eigenvalue weighted by Gasteiger charge is 2.39. The number of allylic oxidation sites excluding steroid dienone is 1. The second-order valence-electron chi connectivity index (χ2n) is 10.1. The van der Waals surface area contributed by atoms with E-state index in [4.69, 9.17) is 0 Å². The molecule has 3 atom stereocenters. The fourth-order valence-corrected chi connectivity index (χ4v) is 9.10. The first-order valence-corrected chi connectivity index (χ1v) is 14.6. The summed E-state index contributed by atoms with van der Waals surface area (Å²) in [5, 5.41) is 0. The van der Waals surface area contributed by atoms with Crippen LogP contribution in [0, 0.1) is 23.7 Å². The maximum atomic E-state index is 13.4. The number of hydrogen-bond donors (Lipinski definition) is 0. The van der Waals surface area contributed by atoms with Crippen molar-refractivity contribution in [2.24, 2.45) is 23.7 Å². The van der Waals surface area contributed by atoms with Gasteiger partial charge >= 0.3 is 0 Å². The lowest BCUT2D eigenvalue weighted by molar-refractivity contribution is -0.139. The smallest absolute Gasteiger partial charge is 0.230 e. The van der Waals surface area contributed by atoms with Gasteiger partial charge in [0.15, 0.2) is 0 Å². The van der Waals surface area contributed by atoms with Crippen molar-refractivity contribution in [3.8, 4) is 0 Å². The van der Waals surface area contributed by atoms with E-state index >= 15 is 0 Å². The Hall–Kier alpha value is -0.530. The number of carbonyl (C=O) groups excluding carboxylic acids is 1. The van der Waals surface area contributed by atoms with Gasteiger partial charge in [-0.1, -0.05) is 32.8 Å². The Morgan fingerprint density at radius 2 is 1.77 bits per heavy atom. The van der Waals surface area contributed by atoms with Crippen molar-refractivity contribution in [2.45, 2.75) is 71.3 Å². The Morgan fingerprint density at radius 3 is 2.50 bits per heavy atom. The molecular formula is C23H38N2O3S2. The van der Waals surface area contributed by atoms with E-state index in [0.717, 1.165) is 37.5 Å². The Bertz CT molecular complexity index is 754. The van der Waals surface area contributed by atoms with Gasteiger partial charge in [0.2, 0.25) is 15.9 Å². The summed E-state index contributed by atoms with van der Waals surface area (Å²) in [4.78, 5) is 16.9. The highest BCUT2D eigenvalue weighted by atomic mass is 32.2. The number of nitrogens with zero attached hydrogens (tertiary/aromatic N) is 2. The van der Waals surface area contributed by atoms with Crippen LogP contribution < -0.4 is 0 Å². The zero-order chi connectivity index (χ0) is 21.3. The van der Waals surface area contributed by atoms with E-state index < -0.39 is 10.0 Å². The summed E-state index contributed by atoms with van der Waals surface area (Å²) in [5.74, 6) is 2.79. The summed E-state index contributed by atoms with van der Waals surface area (Å²) in [6.45, 7) is 6.09. The van der Waals surface area contributed by atoms with Gasteiger partial charge in [-0.15, -0.1) is 11.8 Å². The van der Waals surface area contributed by atoms with Gasteiger partial charge in [0, 0.05) is 31.4 Å². The number of sulfonamides is 1. The van der Waals surface area contributed by atoms with Crippen molar-refractivity contribution >= 4 is 27.7 Å². The van der Waals surface area contributed by atoms with Crippen LogP contribution in [0.5, 0.6) is 0 Å². The number of rotatable bonds is 5. The molecule has 3 aliphatic heterocycles. The number of fused-ring (bicyclic) bond motifs is 1. The number of amides is 1. The summed E-state index contributed by atoms with van der Waals surface area (Å²) in [7, 11) is -3.13. The van der Waals surface area contributed by atoms with Crippen molar-refractivity contribution in [1.29, 1.82) is 0 Å². The van der Waals surface area contributed by atoms with Gasteiger partial charge in [-0.3, -0.25) is 4.79 Å². The molecule has 0 N–H and O–H groups in total. The Balaban J connectivity index is 1.34. The topological polar surface area (TPSA) is 57.7 Å². The molecule has 3 heterocycles. The van der Waals surface area contributed by atoms with Gasteiger partial charge in [0.1, 0.15) is 0 Å². The van der Waals surface area contributed by atoms with Gasteiger partial charge in [-0.2, -0.15) is 0 Å². The second-order valence-corrected chi connectivity index (χ2v) is 13.2. The molecule has 1 saturated carbocycles. The summed E-state index contributed by atoms with van der Waals surface area (Å²) < 4.78 is 26.7. The zero-order valence-corrected chi connectivity index (χ0v) is 20.2. The van der Waals surface area contributed by atoms with E-state index in [-0.39, 0.29) is 17.6 Å². The fraction of sp³-hybridized carbons (Fsp3) is 0.870. The van der Waals surface area contributed by atoms with Crippen molar-refractivity contribution in [3.05, 3.63) is 11.0 Å². The average molecular weight is 455 g/mol. The third kappa shape index (κ3) is 4.93. The molecule has 0 aromatic carbocycles. The van der Waals surface area contributed by atoms with Crippen LogP contribution in [0.4, 0.5) is 0 Å². The van der Waals surface area contributed by atoms with E-state index in [9.17, 15) is 13.2 Å². The van der Waals surface area contributed by atoms with E-state index in [1.807, 2.05) is 25.6 Å². The van der Waals surface area contributed by atoms with Gasteiger partial charge in [-0.05, 0) is 61.2 Å². The third-order valence-electron chi connectivity index (χ3n) is 7.43. The zero-order valence-electron chi connectivity index (χ0n) is 18.6. The molecule has 0 aromatic rings. The van der Waals surface area contributed by atoms with Gasteiger partial charge in [0.05, 0.1) is 11.7 Å². The van der Waals surface area contributed by atoms with Crippen molar-refractivity contribution < 1.29 is 13.2 Å². The molecule has 0 spiro atoms. The molecule has 0 radical (unpaired) electrons. The second kappa shape index (κ2) is 9.53. The van der Waals surface area contributed by atoms with Crippen LogP contribution in [0.25, 0.3) is 0 Å². The predicted octanol–water partition coefficient (Wildman–Crippen LogP) is 4.11. The van der Waals surface area contributed by atoms with Crippen LogP contribution in [0.3, 0.4) is 0 Å². The Morgan fingerprint density at radius 1 is 1.07 bits per heavy atom. The minimum atomic E-state index is -3.13. The van der Waals surface area contributed by atoms with E-state index in [1.165, 1.54) is 37.0 Å². The Kier molecular flexibility index (Phi) is 7.20. The summed E-state index contributed by atoms with van der Waals surface area (Å²) in [5.41, 5.74) is 0. The van der Waals surface area contributed by atoms with Crippen LogP contribution in [-0.2, 0) is 14.8 Å². The fourth-order valence-electron chi connectivity index (χ4n) is 5.93. The monoisotopic (exact) mass is 454 g/mol. The van der Waals surface area contributed by atoms with Gasteiger partial charge in [-0.25, -0.2) is 12.7 Å². The number of likely N-dealkylation sites (tertiary alicyclic amines) is 1.